The normalized spacial score (nSPS) is 12.2. The third kappa shape index (κ3) is 4.88. The van der Waals surface area contributed by atoms with Gasteiger partial charge >= 0.3 is 0 Å². The van der Waals surface area contributed by atoms with Crippen LogP contribution < -0.4 is 10.5 Å². The highest BCUT2D eigenvalue weighted by atomic mass is 16.5. The monoisotopic (exact) mass is 249 g/mol. The molecule has 0 saturated carbocycles. The standard InChI is InChI=1S/C15H23NO2/c1-3-10-18-14-7-5-13(6-8-14)15(17)9-4-12(2)11-16/h5-8,12H,3-4,9-11,16H2,1-2H3. The van der Waals surface area contributed by atoms with E-state index in [0.717, 1.165) is 24.2 Å². The van der Waals surface area contributed by atoms with Crippen LogP contribution in [0.3, 0.4) is 0 Å². The largest absolute Gasteiger partial charge is 0.494 e. The summed E-state index contributed by atoms with van der Waals surface area (Å²) in [5.74, 6) is 1.40. The molecule has 3 heteroatoms. The van der Waals surface area contributed by atoms with Crippen molar-refractivity contribution in [1.82, 2.24) is 0 Å². The van der Waals surface area contributed by atoms with Gasteiger partial charge in [-0.05, 0) is 49.6 Å². The zero-order chi connectivity index (χ0) is 13.4. The van der Waals surface area contributed by atoms with Gasteiger partial charge in [-0.15, -0.1) is 0 Å². The van der Waals surface area contributed by atoms with Crippen LogP contribution in [0.5, 0.6) is 5.75 Å². The van der Waals surface area contributed by atoms with E-state index in [1.54, 1.807) is 0 Å². The molecule has 18 heavy (non-hydrogen) atoms. The lowest BCUT2D eigenvalue weighted by molar-refractivity contribution is 0.0975. The van der Waals surface area contributed by atoms with Gasteiger partial charge in [0.2, 0.25) is 0 Å². The van der Waals surface area contributed by atoms with Gasteiger partial charge in [-0.3, -0.25) is 4.79 Å². The number of carbonyl (C=O) groups is 1. The fourth-order valence-electron chi connectivity index (χ4n) is 1.60. The quantitative estimate of drug-likeness (QED) is 0.720. The molecule has 0 fully saturated rings. The predicted octanol–water partition coefficient (Wildman–Crippen LogP) is 3.03. The Hall–Kier alpha value is -1.35. The molecule has 0 amide bonds. The minimum absolute atomic E-state index is 0.178. The molecule has 1 unspecified atom stereocenters. The van der Waals surface area contributed by atoms with Crippen molar-refractivity contribution < 1.29 is 9.53 Å². The van der Waals surface area contributed by atoms with Gasteiger partial charge in [0.25, 0.3) is 0 Å². The van der Waals surface area contributed by atoms with Gasteiger partial charge < -0.3 is 10.5 Å². The maximum atomic E-state index is 11.9. The summed E-state index contributed by atoms with van der Waals surface area (Å²) in [5, 5.41) is 0. The van der Waals surface area contributed by atoms with Crippen LogP contribution in [0.4, 0.5) is 0 Å². The van der Waals surface area contributed by atoms with Crippen molar-refractivity contribution in [1.29, 1.82) is 0 Å². The molecular formula is C15H23NO2. The molecule has 100 valence electrons. The number of ketones is 1. The third-order valence-electron chi connectivity index (χ3n) is 2.92. The Balaban J connectivity index is 2.48. The Morgan fingerprint density at radius 3 is 2.56 bits per heavy atom. The van der Waals surface area contributed by atoms with Gasteiger partial charge in [-0.1, -0.05) is 13.8 Å². The van der Waals surface area contributed by atoms with Crippen molar-refractivity contribution in [3.8, 4) is 5.75 Å². The van der Waals surface area contributed by atoms with Gasteiger partial charge in [-0.25, -0.2) is 0 Å². The van der Waals surface area contributed by atoms with Crippen LogP contribution in [0, 0.1) is 5.92 Å². The van der Waals surface area contributed by atoms with E-state index < -0.39 is 0 Å². The molecule has 0 heterocycles. The first-order valence-corrected chi connectivity index (χ1v) is 6.63. The van der Waals surface area contributed by atoms with Crippen LogP contribution in [-0.2, 0) is 0 Å². The summed E-state index contributed by atoms with van der Waals surface area (Å²) in [5.41, 5.74) is 6.29. The second-order valence-corrected chi connectivity index (χ2v) is 4.68. The lowest BCUT2D eigenvalue weighted by atomic mass is 10.0. The molecule has 2 N–H and O–H groups in total. The van der Waals surface area contributed by atoms with E-state index >= 15 is 0 Å². The minimum atomic E-state index is 0.178. The number of nitrogens with two attached hydrogens (primary N) is 1. The van der Waals surface area contributed by atoms with E-state index in [1.165, 1.54) is 0 Å². The molecule has 1 atom stereocenters. The number of benzene rings is 1. The number of hydrogen-bond donors (Lipinski definition) is 1. The highest BCUT2D eigenvalue weighted by Gasteiger charge is 2.08. The SMILES string of the molecule is CCCOc1ccc(C(=O)CCC(C)CN)cc1. The Bertz CT molecular complexity index is 359. The molecule has 0 bridgehead atoms. The van der Waals surface area contributed by atoms with E-state index in [4.69, 9.17) is 10.5 Å². The molecular weight excluding hydrogens is 226 g/mol. The molecule has 1 aromatic rings. The summed E-state index contributed by atoms with van der Waals surface area (Å²) in [6, 6.07) is 7.38. The summed E-state index contributed by atoms with van der Waals surface area (Å²) < 4.78 is 5.48. The van der Waals surface area contributed by atoms with Gasteiger partial charge in [0.05, 0.1) is 6.61 Å². The Morgan fingerprint density at radius 1 is 1.33 bits per heavy atom. The molecule has 1 rings (SSSR count). The summed E-state index contributed by atoms with van der Waals surface area (Å²) in [6.07, 6.45) is 2.40. The first-order chi connectivity index (χ1) is 8.67. The number of Topliss-reactive ketones (excluding diaryl/α,β-unsaturated/α-hetero) is 1. The average Bonchev–Trinajstić information content (AvgIpc) is 2.42. The van der Waals surface area contributed by atoms with Crippen LogP contribution >= 0.6 is 0 Å². The number of carbonyl (C=O) groups excluding carboxylic acids is 1. The first-order valence-electron chi connectivity index (χ1n) is 6.63. The van der Waals surface area contributed by atoms with Crippen LogP contribution in [-0.4, -0.2) is 18.9 Å². The first kappa shape index (κ1) is 14.7. The predicted molar refractivity (Wildman–Crippen MR) is 74.0 cm³/mol. The second-order valence-electron chi connectivity index (χ2n) is 4.68. The van der Waals surface area contributed by atoms with Crippen LogP contribution in [0.1, 0.15) is 43.5 Å². The van der Waals surface area contributed by atoms with Crippen LogP contribution in [0.25, 0.3) is 0 Å². The van der Waals surface area contributed by atoms with Gasteiger partial charge in [0.1, 0.15) is 5.75 Å². The highest BCUT2D eigenvalue weighted by molar-refractivity contribution is 5.96. The van der Waals surface area contributed by atoms with Crippen molar-refractivity contribution >= 4 is 5.78 Å². The number of ether oxygens (including phenoxy) is 1. The van der Waals surface area contributed by atoms with Gasteiger partial charge in [0, 0.05) is 12.0 Å². The maximum Gasteiger partial charge on any atom is 0.162 e. The van der Waals surface area contributed by atoms with Crippen molar-refractivity contribution in [3.63, 3.8) is 0 Å². The Labute approximate surface area is 109 Å². The van der Waals surface area contributed by atoms with E-state index in [1.807, 2.05) is 24.3 Å². The smallest absolute Gasteiger partial charge is 0.162 e. The summed E-state index contributed by atoms with van der Waals surface area (Å²) in [4.78, 5) is 11.9. The summed E-state index contributed by atoms with van der Waals surface area (Å²) in [6.45, 7) is 5.48. The van der Waals surface area contributed by atoms with E-state index in [2.05, 4.69) is 13.8 Å². The zero-order valence-corrected chi connectivity index (χ0v) is 11.3. The number of hydrogen-bond acceptors (Lipinski definition) is 3. The van der Waals surface area contributed by atoms with Gasteiger partial charge in [-0.2, -0.15) is 0 Å². The average molecular weight is 249 g/mol. The Kier molecular flexibility index (Phi) is 6.44. The fraction of sp³-hybridized carbons (Fsp3) is 0.533. The lowest BCUT2D eigenvalue weighted by Gasteiger charge is -2.08. The fourth-order valence-corrected chi connectivity index (χ4v) is 1.60. The molecule has 0 saturated heterocycles. The summed E-state index contributed by atoms with van der Waals surface area (Å²) >= 11 is 0. The van der Waals surface area contributed by atoms with Crippen LogP contribution in [0.2, 0.25) is 0 Å². The van der Waals surface area contributed by atoms with Gasteiger partial charge in [0.15, 0.2) is 5.78 Å². The van der Waals surface area contributed by atoms with E-state index in [-0.39, 0.29) is 5.78 Å². The molecule has 1 aromatic carbocycles. The van der Waals surface area contributed by atoms with Crippen LogP contribution in [0.15, 0.2) is 24.3 Å². The molecule has 3 nitrogen and oxygen atoms in total. The molecule has 0 spiro atoms. The second kappa shape index (κ2) is 7.88. The molecule has 0 aliphatic carbocycles. The van der Waals surface area contributed by atoms with Crippen molar-refractivity contribution in [2.75, 3.05) is 13.2 Å². The number of rotatable bonds is 8. The van der Waals surface area contributed by atoms with Crippen molar-refractivity contribution in [3.05, 3.63) is 29.8 Å². The molecule has 0 aliphatic heterocycles. The molecule has 0 aliphatic rings. The lowest BCUT2D eigenvalue weighted by Crippen LogP contribution is -2.12. The van der Waals surface area contributed by atoms with Crippen molar-refractivity contribution in [2.24, 2.45) is 11.7 Å². The Morgan fingerprint density at radius 2 is 2.00 bits per heavy atom. The highest BCUT2D eigenvalue weighted by Crippen LogP contribution is 2.15. The van der Waals surface area contributed by atoms with E-state index in [9.17, 15) is 4.79 Å². The topological polar surface area (TPSA) is 52.3 Å². The minimum Gasteiger partial charge on any atom is -0.494 e. The molecule has 0 aromatic heterocycles. The molecule has 0 radical (unpaired) electrons. The van der Waals surface area contributed by atoms with Crippen molar-refractivity contribution in [2.45, 2.75) is 33.1 Å². The third-order valence-corrected chi connectivity index (χ3v) is 2.92. The van der Waals surface area contributed by atoms with E-state index in [0.29, 0.717) is 25.5 Å². The summed E-state index contributed by atoms with van der Waals surface area (Å²) in [7, 11) is 0. The zero-order valence-electron chi connectivity index (χ0n) is 11.3. The maximum absolute atomic E-state index is 11.9.